The monoisotopic (exact) mass is 385 g/mol. The normalized spacial score (nSPS) is 17.0. The van der Waals surface area contributed by atoms with Crippen LogP contribution in [0.3, 0.4) is 0 Å². The number of nitrogens with zero attached hydrogens (tertiary/aromatic N) is 1. The van der Waals surface area contributed by atoms with Crippen LogP contribution in [-0.4, -0.2) is 33.2 Å². The molecule has 3 rings (SSSR count). The fourth-order valence-electron chi connectivity index (χ4n) is 2.88. The van der Waals surface area contributed by atoms with Crippen molar-refractivity contribution in [3.8, 4) is 11.3 Å². The van der Waals surface area contributed by atoms with Crippen LogP contribution in [0.15, 0.2) is 39.7 Å². The summed E-state index contributed by atoms with van der Waals surface area (Å²) in [4.78, 5) is 37.5. The van der Waals surface area contributed by atoms with Crippen molar-refractivity contribution in [2.24, 2.45) is 0 Å². The number of rotatable bonds is 5. The zero-order valence-electron chi connectivity index (χ0n) is 15.2. The van der Waals surface area contributed by atoms with E-state index in [1.807, 2.05) is 13.8 Å². The highest BCUT2D eigenvalue weighted by Gasteiger charge is 2.37. The third-order valence-corrected chi connectivity index (χ3v) is 5.47. The number of carbonyl (C=O) groups is 3. The van der Waals surface area contributed by atoms with Crippen LogP contribution in [-0.2, 0) is 4.79 Å². The third kappa shape index (κ3) is 3.55. The molecule has 0 saturated carbocycles. The Bertz CT molecular complexity index is 959. The average molecular weight is 385 g/mol. The summed E-state index contributed by atoms with van der Waals surface area (Å²) in [6.07, 6.45) is 2.24. The second-order valence-corrected chi connectivity index (χ2v) is 7.29. The van der Waals surface area contributed by atoms with Gasteiger partial charge in [-0.05, 0) is 55.8 Å². The van der Waals surface area contributed by atoms with Crippen molar-refractivity contribution in [3.63, 3.8) is 0 Å². The quantitative estimate of drug-likeness (QED) is 0.745. The predicted octanol–water partition coefficient (Wildman–Crippen LogP) is 4.79. The highest BCUT2D eigenvalue weighted by molar-refractivity contribution is 8.18. The molecule has 0 bridgehead atoms. The Morgan fingerprint density at radius 2 is 2.04 bits per heavy atom. The van der Waals surface area contributed by atoms with Crippen LogP contribution in [0.2, 0.25) is 0 Å². The number of carboxylic acid groups (broad SMARTS) is 1. The number of amides is 2. The van der Waals surface area contributed by atoms with Gasteiger partial charge < -0.3 is 9.52 Å². The third-order valence-electron chi connectivity index (χ3n) is 4.58. The number of furan rings is 1. The van der Waals surface area contributed by atoms with Crippen molar-refractivity contribution in [1.82, 2.24) is 4.90 Å². The first-order valence-electron chi connectivity index (χ1n) is 8.53. The minimum absolute atomic E-state index is 0.156. The molecule has 0 spiro atoms. The largest absolute Gasteiger partial charge is 0.478 e. The van der Waals surface area contributed by atoms with Crippen LogP contribution in [0, 0.1) is 6.92 Å². The lowest BCUT2D eigenvalue weighted by atomic mass is 10.0. The standard InChI is InChI=1S/C20H19NO5S/c1-4-11(2)21-18(22)17(27-20(21)25)10-13-8-9-16(26-13)14-6-5-7-15(12(14)3)19(23)24/h5-11H,4H2,1-3H3,(H,23,24)/b17-10+/t11-/m0/s1. The van der Waals surface area contributed by atoms with Gasteiger partial charge >= 0.3 is 5.97 Å². The van der Waals surface area contributed by atoms with Gasteiger partial charge in [-0.3, -0.25) is 14.5 Å². The highest BCUT2D eigenvalue weighted by atomic mass is 32.2. The summed E-state index contributed by atoms with van der Waals surface area (Å²) in [6.45, 7) is 5.48. The van der Waals surface area contributed by atoms with Gasteiger partial charge in [0.15, 0.2) is 0 Å². The summed E-state index contributed by atoms with van der Waals surface area (Å²) in [5.74, 6) is -0.385. The maximum absolute atomic E-state index is 12.5. The van der Waals surface area contributed by atoms with E-state index in [1.54, 1.807) is 37.3 Å². The number of carboxylic acids is 1. The smallest absolute Gasteiger partial charge is 0.335 e. The number of imide groups is 1. The summed E-state index contributed by atoms with van der Waals surface area (Å²) in [5.41, 5.74) is 1.48. The number of hydrogen-bond acceptors (Lipinski definition) is 5. The molecule has 0 unspecified atom stereocenters. The summed E-state index contributed by atoms with van der Waals surface area (Å²) < 4.78 is 5.79. The molecule has 1 N–H and O–H groups in total. The minimum atomic E-state index is -1.00. The van der Waals surface area contributed by atoms with Crippen molar-refractivity contribution in [1.29, 1.82) is 0 Å². The Labute approximate surface area is 160 Å². The molecule has 1 saturated heterocycles. The topological polar surface area (TPSA) is 87.8 Å². The minimum Gasteiger partial charge on any atom is -0.478 e. The SMILES string of the molecule is CC[C@H](C)N1C(=O)S/C(=C/c2ccc(-c3cccc(C(=O)O)c3C)o2)C1=O. The van der Waals surface area contributed by atoms with Crippen molar-refractivity contribution >= 4 is 35.0 Å². The molecule has 140 valence electrons. The molecule has 1 aliphatic rings. The number of aromatic carboxylic acids is 1. The lowest BCUT2D eigenvalue weighted by Crippen LogP contribution is -2.36. The van der Waals surface area contributed by atoms with E-state index in [1.165, 1.54) is 11.0 Å². The molecule has 1 fully saturated rings. The van der Waals surface area contributed by atoms with Crippen molar-refractivity contribution in [2.45, 2.75) is 33.2 Å². The Kier molecular flexibility index (Phi) is 5.23. The molecule has 2 amide bonds. The van der Waals surface area contributed by atoms with E-state index in [0.29, 0.717) is 34.0 Å². The van der Waals surface area contributed by atoms with Gasteiger partial charge in [0.25, 0.3) is 11.1 Å². The van der Waals surface area contributed by atoms with E-state index >= 15 is 0 Å². The van der Waals surface area contributed by atoms with Crippen molar-refractivity contribution in [3.05, 3.63) is 52.1 Å². The fourth-order valence-corrected chi connectivity index (χ4v) is 3.79. The molecule has 1 aliphatic heterocycles. The van der Waals surface area contributed by atoms with E-state index in [-0.39, 0.29) is 22.8 Å². The first-order chi connectivity index (χ1) is 12.8. The maximum atomic E-state index is 12.5. The van der Waals surface area contributed by atoms with E-state index in [2.05, 4.69) is 0 Å². The van der Waals surface area contributed by atoms with Crippen LogP contribution in [0.25, 0.3) is 17.4 Å². The van der Waals surface area contributed by atoms with E-state index in [9.17, 15) is 19.5 Å². The summed E-state index contributed by atoms with van der Waals surface area (Å²) in [5, 5.41) is 8.98. The molecule has 2 heterocycles. The fraction of sp³-hybridized carbons (Fsp3) is 0.250. The van der Waals surface area contributed by atoms with Crippen molar-refractivity contribution < 1.29 is 23.9 Å². The number of benzene rings is 1. The second kappa shape index (κ2) is 7.44. The Balaban J connectivity index is 1.91. The molecular formula is C20H19NO5S. The van der Waals surface area contributed by atoms with Crippen LogP contribution < -0.4 is 0 Å². The van der Waals surface area contributed by atoms with Gasteiger partial charge in [-0.2, -0.15) is 0 Å². The Hall–Kier alpha value is -2.80. The molecule has 0 aliphatic carbocycles. The van der Waals surface area contributed by atoms with Gasteiger partial charge in [0.1, 0.15) is 11.5 Å². The molecule has 1 aromatic carbocycles. The highest BCUT2D eigenvalue weighted by Crippen LogP contribution is 2.35. The molecule has 1 aromatic heterocycles. The number of hydrogen-bond donors (Lipinski definition) is 1. The zero-order chi connectivity index (χ0) is 19.7. The molecule has 6 nitrogen and oxygen atoms in total. The summed E-state index contributed by atoms with van der Waals surface area (Å²) >= 11 is 0.896. The maximum Gasteiger partial charge on any atom is 0.335 e. The van der Waals surface area contributed by atoms with Gasteiger partial charge in [0.2, 0.25) is 0 Å². The second-order valence-electron chi connectivity index (χ2n) is 6.29. The first-order valence-corrected chi connectivity index (χ1v) is 9.35. The molecule has 0 radical (unpaired) electrons. The van der Waals surface area contributed by atoms with Crippen LogP contribution in [0.4, 0.5) is 4.79 Å². The van der Waals surface area contributed by atoms with E-state index < -0.39 is 5.97 Å². The Morgan fingerprint density at radius 1 is 1.30 bits per heavy atom. The van der Waals surface area contributed by atoms with Gasteiger partial charge in [-0.1, -0.05) is 19.1 Å². The zero-order valence-corrected chi connectivity index (χ0v) is 16.0. The molecule has 2 aromatic rings. The molecular weight excluding hydrogens is 366 g/mol. The summed E-state index contributed by atoms with van der Waals surface area (Å²) in [7, 11) is 0. The number of carbonyl (C=O) groups excluding carboxylic acids is 2. The molecule has 27 heavy (non-hydrogen) atoms. The van der Waals surface area contributed by atoms with Crippen LogP contribution in [0.1, 0.15) is 41.9 Å². The average Bonchev–Trinajstić information content (AvgIpc) is 3.19. The first kappa shape index (κ1) is 19.0. The van der Waals surface area contributed by atoms with Gasteiger partial charge in [0, 0.05) is 17.7 Å². The number of thioether (sulfide) groups is 1. The summed E-state index contributed by atoms with van der Waals surface area (Å²) in [6, 6.07) is 8.23. The van der Waals surface area contributed by atoms with Gasteiger partial charge in [-0.25, -0.2) is 4.79 Å². The van der Waals surface area contributed by atoms with E-state index in [0.717, 1.165) is 11.8 Å². The molecule has 1 atom stereocenters. The van der Waals surface area contributed by atoms with Crippen molar-refractivity contribution in [2.75, 3.05) is 0 Å². The Morgan fingerprint density at radius 3 is 2.70 bits per heavy atom. The predicted molar refractivity (Wildman–Crippen MR) is 103 cm³/mol. The van der Waals surface area contributed by atoms with E-state index in [4.69, 9.17) is 4.42 Å². The van der Waals surface area contributed by atoms with Gasteiger partial charge in [-0.15, -0.1) is 0 Å². The molecule has 7 heteroatoms. The van der Waals surface area contributed by atoms with Crippen LogP contribution >= 0.6 is 11.8 Å². The van der Waals surface area contributed by atoms with Crippen LogP contribution in [0.5, 0.6) is 0 Å². The van der Waals surface area contributed by atoms with Gasteiger partial charge in [0.05, 0.1) is 10.5 Å². The lowest BCUT2D eigenvalue weighted by Gasteiger charge is -2.19. The lowest BCUT2D eigenvalue weighted by molar-refractivity contribution is -0.124.